The number of Topliss-reactive ketones (excluding diaryl/α,β-unsaturated/α-hetero) is 1. The first-order chi connectivity index (χ1) is 24.5. The van der Waals surface area contributed by atoms with Crippen molar-refractivity contribution in [3.63, 3.8) is 0 Å². The number of nitrogens with zero attached hydrogens (tertiary/aromatic N) is 1. The Morgan fingerprint density at radius 1 is 0.906 bits per heavy atom. The molecule has 4 saturated heterocycles. The number of fused-ring (bicyclic) bond motifs is 1. The molecule has 0 aromatic carbocycles. The van der Waals surface area contributed by atoms with Crippen molar-refractivity contribution in [3.05, 3.63) is 0 Å². The lowest BCUT2D eigenvalue weighted by molar-refractivity contribution is -0.318. The lowest BCUT2D eigenvalue weighted by atomic mass is 9.74. The molecule has 0 spiro atoms. The van der Waals surface area contributed by atoms with Gasteiger partial charge < -0.3 is 58.1 Å². The topological polar surface area (TPSA) is 189 Å². The molecule has 4 rings (SSSR count). The average Bonchev–Trinajstić information content (AvgIpc) is 3.40. The summed E-state index contributed by atoms with van der Waals surface area (Å²) in [6, 6.07) is -0.322. The Morgan fingerprint density at radius 2 is 1.55 bits per heavy atom. The van der Waals surface area contributed by atoms with Gasteiger partial charge in [-0.1, -0.05) is 27.7 Å². The summed E-state index contributed by atoms with van der Waals surface area (Å²) in [5.41, 5.74) is -4.33. The third-order valence-electron chi connectivity index (χ3n) is 12.3. The molecule has 0 aromatic rings. The smallest absolute Gasteiger partial charge is 0.458 e. The van der Waals surface area contributed by atoms with Gasteiger partial charge in [-0.25, -0.2) is 4.79 Å². The highest BCUT2D eigenvalue weighted by Gasteiger charge is 2.59. The number of aliphatic hydroxyl groups excluding tert-OH is 2. The second kappa shape index (κ2) is 16.6. The fraction of sp³-hybridized carbons (Fsp3) is 0.921. The van der Waals surface area contributed by atoms with Gasteiger partial charge in [0.25, 0.3) is 0 Å². The zero-order valence-electron chi connectivity index (χ0n) is 33.8. The van der Waals surface area contributed by atoms with E-state index in [0.717, 1.165) is 0 Å². The normalized spacial score (nSPS) is 49.1. The van der Waals surface area contributed by atoms with Crippen molar-refractivity contribution in [2.45, 2.75) is 179 Å². The number of ether oxygens (including phenoxy) is 8. The minimum absolute atomic E-state index is 0.0996. The summed E-state index contributed by atoms with van der Waals surface area (Å²) < 4.78 is 48.7. The van der Waals surface area contributed by atoms with Crippen molar-refractivity contribution in [2.75, 3.05) is 21.2 Å². The van der Waals surface area contributed by atoms with Gasteiger partial charge in [0, 0.05) is 31.4 Å². The van der Waals surface area contributed by atoms with Crippen LogP contribution in [-0.2, 0) is 47.5 Å². The molecule has 0 bridgehead atoms. The molecule has 18 atom stereocenters. The molecule has 15 heteroatoms. The quantitative estimate of drug-likeness (QED) is 0.321. The molecule has 0 aromatic heterocycles. The van der Waals surface area contributed by atoms with Crippen LogP contribution < -0.4 is 0 Å². The lowest BCUT2D eigenvalue weighted by Gasteiger charge is -2.49. The first-order valence-corrected chi connectivity index (χ1v) is 19.1. The molecule has 4 fully saturated rings. The Labute approximate surface area is 314 Å². The van der Waals surface area contributed by atoms with Crippen LogP contribution >= 0.6 is 0 Å². The maximum atomic E-state index is 14.3. The van der Waals surface area contributed by atoms with E-state index in [2.05, 4.69) is 0 Å². The molecular formula is C38H65NO14. The van der Waals surface area contributed by atoms with E-state index in [4.69, 9.17) is 37.9 Å². The molecule has 4 aliphatic heterocycles. The zero-order valence-corrected chi connectivity index (χ0v) is 33.8. The fourth-order valence-corrected chi connectivity index (χ4v) is 9.03. The van der Waals surface area contributed by atoms with Gasteiger partial charge in [-0.05, 0) is 74.9 Å². The number of carbonyl (C=O) groups excluding carboxylic acids is 3. The highest BCUT2D eigenvalue weighted by Crippen LogP contribution is 2.43. The largest absolute Gasteiger partial charge is 0.509 e. The van der Waals surface area contributed by atoms with E-state index in [0.29, 0.717) is 6.42 Å². The maximum Gasteiger partial charge on any atom is 0.509 e. The highest BCUT2D eigenvalue weighted by atomic mass is 16.8. The maximum absolute atomic E-state index is 14.3. The summed E-state index contributed by atoms with van der Waals surface area (Å²) in [5.74, 6) is -4.54. The third-order valence-corrected chi connectivity index (χ3v) is 12.3. The van der Waals surface area contributed by atoms with E-state index in [-0.39, 0.29) is 37.2 Å². The molecule has 0 amide bonds. The summed E-state index contributed by atoms with van der Waals surface area (Å²) in [6.45, 7) is 16.9. The molecule has 0 saturated carbocycles. The van der Waals surface area contributed by atoms with Gasteiger partial charge in [0.15, 0.2) is 24.3 Å². The number of esters is 1. The number of carbonyl (C=O) groups is 3. The van der Waals surface area contributed by atoms with Gasteiger partial charge in [0.2, 0.25) is 0 Å². The Balaban J connectivity index is 1.84. The van der Waals surface area contributed by atoms with Crippen LogP contribution in [0.1, 0.15) is 94.9 Å². The van der Waals surface area contributed by atoms with Gasteiger partial charge in [-0.2, -0.15) is 0 Å². The van der Waals surface area contributed by atoms with Crippen molar-refractivity contribution in [1.82, 2.24) is 4.90 Å². The first kappa shape index (κ1) is 43.8. The van der Waals surface area contributed by atoms with Crippen LogP contribution in [0, 0.1) is 23.7 Å². The molecular weight excluding hydrogens is 694 g/mol. The predicted octanol–water partition coefficient (Wildman–Crippen LogP) is 2.97. The Bertz CT molecular complexity index is 1300. The van der Waals surface area contributed by atoms with Crippen LogP contribution in [-0.4, -0.2) is 144 Å². The summed E-state index contributed by atoms with van der Waals surface area (Å²) in [4.78, 5) is 43.0. The molecule has 15 nitrogen and oxygen atoms in total. The Morgan fingerprint density at radius 3 is 2.13 bits per heavy atom. The monoisotopic (exact) mass is 759 g/mol. The first-order valence-electron chi connectivity index (χ1n) is 19.1. The summed E-state index contributed by atoms with van der Waals surface area (Å²) in [7, 11) is 5.20. The van der Waals surface area contributed by atoms with Gasteiger partial charge in [-0.3, -0.25) is 9.59 Å². The number of likely N-dealkylation sites (N-methyl/N-ethyl adjacent to an activating group) is 1. The summed E-state index contributed by atoms with van der Waals surface area (Å²) >= 11 is 0. The van der Waals surface area contributed by atoms with Crippen LogP contribution in [0.4, 0.5) is 4.79 Å². The van der Waals surface area contributed by atoms with Crippen LogP contribution in [0.3, 0.4) is 0 Å². The zero-order chi connectivity index (χ0) is 40.0. The highest BCUT2D eigenvalue weighted by molar-refractivity contribution is 5.84. The minimum Gasteiger partial charge on any atom is -0.458 e. The molecule has 4 aliphatic rings. The van der Waals surface area contributed by atoms with Gasteiger partial charge in [0.05, 0.1) is 47.5 Å². The van der Waals surface area contributed by atoms with Crippen LogP contribution in [0.25, 0.3) is 0 Å². The number of ketones is 1. The van der Waals surface area contributed by atoms with Crippen molar-refractivity contribution in [1.29, 1.82) is 0 Å². The van der Waals surface area contributed by atoms with Crippen LogP contribution in [0.15, 0.2) is 0 Å². The average molecular weight is 760 g/mol. The lowest BCUT2D eigenvalue weighted by Crippen LogP contribution is -2.61. The van der Waals surface area contributed by atoms with Crippen LogP contribution in [0.2, 0.25) is 0 Å². The predicted molar refractivity (Wildman–Crippen MR) is 189 cm³/mol. The molecule has 1 unspecified atom stereocenters. The minimum atomic E-state index is -1.78. The standard InChI is InChI=1S/C38H65NO14/c1-14-25-38(10)32(52-35(44)53-38)20(4)27(40)18(2)16-36(8,45)31(51-34-28(41)24(39(11)12)15-19(3)47-34)21(5)29(22(6)33(43)49-25)50-26-17-37(9,46-13)30(42)23(7)48-26/h18-26,28-32,34,41-42,45H,14-17H2,1-13H3/t18-,19+,20+,21+,22-,23?,24+,25-,26+,28-,29+,30+,31-,32-,34+,36-,37-,38-/m1/s1. The second-order valence-electron chi connectivity index (χ2n) is 16.9. The van der Waals surface area contributed by atoms with Crippen molar-refractivity contribution in [3.8, 4) is 0 Å². The van der Waals surface area contributed by atoms with Crippen LogP contribution in [0.5, 0.6) is 0 Å². The number of aliphatic hydroxyl groups is 3. The Hall–Kier alpha value is -1.95. The number of methoxy groups -OCH3 is 1. The third kappa shape index (κ3) is 8.88. The SMILES string of the molecule is CC[C@H]1OC(=O)[C@H](C)[C@@H](O[C@H]2C[C@@](C)(OC)[C@@H](O)C(C)O2)[C@H](C)[C@@H](O[C@@H]2O[C@@H](C)C[C@H](N(C)C)[C@H]2O)[C@](C)(O)C[C@@H](C)C(=O)[C@H](C)[C@H]2OC(=O)O[C@@]21C. The number of hydrogen-bond donors (Lipinski definition) is 3. The molecule has 0 radical (unpaired) electrons. The fourth-order valence-electron chi connectivity index (χ4n) is 9.03. The van der Waals surface area contributed by atoms with E-state index in [1.807, 2.05) is 25.9 Å². The number of rotatable bonds is 7. The summed E-state index contributed by atoms with van der Waals surface area (Å²) in [6.07, 6.45) is -9.81. The summed E-state index contributed by atoms with van der Waals surface area (Å²) in [5, 5.41) is 34.9. The van der Waals surface area contributed by atoms with E-state index in [9.17, 15) is 29.7 Å². The van der Waals surface area contributed by atoms with E-state index in [1.165, 1.54) is 7.11 Å². The number of cyclic esters (lactones) is 1. The van der Waals surface area contributed by atoms with Gasteiger partial charge >= 0.3 is 12.1 Å². The van der Waals surface area contributed by atoms with Crippen molar-refractivity contribution >= 4 is 17.9 Å². The van der Waals surface area contributed by atoms with E-state index >= 15 is 0 Å². The molecule has 3 N–H and O–H groups in total. The van der Waals surface area contributed by atoms with Gasteiger partial charge in [0.1, 0.15) is 24.1 Å². The molecule has 0 aliphatic carbocycles. The molecule has 4 heterocycles. The second-order valence-corrected chi connectivity index (χ2v) is 16.9. The van der Waals surface area contributed by atoms with Gasteiger partial charge in [-0.15, -0.1) is 0 Å². The molecule has 306 valence electrons. The number of hydrogen-bond acceptors (Lipinski definition) is 15. The van der Waals surface area contributed by atoms with Crippen molar-refractivity contribution < 1.29 is 67.6 Å². The van der Waals surface area contributed by atoms with E-state index < -0.39 is 108 Å². The molecule has 53 heavy (non-hydrogen) atoms. The Kier molecular flexibility index (Phi) is 13.7. The van der Waals surface area contributed by atoms with Crippen molar-refractivity contribution in [2.24, 2.45) is 23.7 Å². The van der Waals surface area contributed by atoms with E-state index in [1.54, 1.807) is 62.3 Å².